The molecular weight excluding hydrogens is 509 g/mol. The smallest absolute Gasteiger partial charge is 0.224 e. The number of imidazole rings is 1. The molecule has 4 unspecified atom stereocenters. The minimum Gasteiger partial charge on any atom is -0.497 e. The van der Waals surface area contributed by atoms with Crippen molar-refractivity contribution in [2.45, 2.75) is 44.8 Å². The van der Waals surface area contributed by atoms with Crippen molar-refractivity contribution in [1.29, 1.82) is 0 Å². The number of methoxy groups -OCH3 is 1. The lowest BCUT2D eigenvalue weighted by molar-refractivity contribution is -0.116. The van der Waals surface area contributed by atoms with Crippen LogP contribution in [0.25, 0.3) is 22.2 Å². The fourth-order valence-corrected chi connectivity index (χ4v) is 5.86. The number of rotatable bonds is 7. The SMILES string of the molecule is COc1cc(F)cc(-c2cccc3[nH]c(C4NNC5CNC(c6cncc(NC(=O)CC(C)C)c6)CC54)nc23)c1. The molecule has 5 N–H and O–H groups in total. The highest BCUT2D eigenvalue weighted by Crippen LogP contribution is 2.39. The largest absolute Gasteiger partial charge is 0.497 e. The Balaban J connectivity index is 1.25. The van der Waals surface area contributed by atoms with E-state index in [1.165, 1.54) is 19.2 Å². The van der Waals surface area contributed by atoms with Gasteiger partial charge in [0.25, 0.3) is 0 Å². The van der Waals surface area contributed by atoms with Crippen LogP contribution in [0.1, 0.15) is 50.2 Å². The number of halogens is 1. The number of carbonyl (C=O) groups is 1. The second-order valence-electron chi connectivity index (χ2n) is 11.1. The molecule has 0 saturated carbocycles. The van der Waals surface area contributed by atoms with Gasteiger partial charge in [0.15, 0.2) is 0 Å². The Morgan fingerprint density at radius 3 is 2.88 bits per heavy atom. The van der Waals surface area contributed by atoms with E-state index in [0.717, 1.165) is 41.0 Å². The predicted molar refractivity (Wildman–Crippen MR) is 152 cm³/mol. The van der Waals surface area contributed by atoms with Crippen LogP contribution in [-0.4, -0.2) is 40.6 Å². The normalized spacial score (nSPS) is 22.4. The number of aromatic nitrogens is 3. The standard InChI is InChI=1S/C30H34FN7O2/c1-16(2)7-27(39)34-20-9-18(13-32-14-20)25-12-23-26(15-33-25)37-38-29(23)30-35-24-6-4-5-22(28(24)36-30)17-8-19(31)11-21(10-17)40-3/h4-6,8-11,13-14,16,23,25-26,29,33,37-38H,7,12,15H2,1-3H3,(H,34,39)(H,35,36). The molecule has 2 fully saturated rings. The molecule has 4 aromatic rings. The van der Waals surface area contributed by atoms with Crippen molar-refractivity contribution < 1.29 is 13.9 Å². The highest BCUT2D eigenvalue weighted by molar-refractivity contribution is 5.92. The quantitative estimate of drug-likeness (QED) is 0.231. The molecule has 208 valence electrons. The Morgan fingerprint density at radius 2 is 2.05 bits per heavy atom. The lowest BCUT2D eigenvalue weighted by Gasteiger charge is -2.34. The monoisotopic (exact) mass is 543 g/mol. The molecule has 0 spiro atoms. The second kappa shape index (κ2) is 11.0. The third-order valence-corrected chi connectivity index (χ3v) is 7.74. The van der Waals surface area contributed by atoms with Crippen molar-refractivity contribution in [3.63, 3.8) is 0 Å². The average molecular weight is 544 g/mol. The number of H-pyrrole nitrogens is 1. The summed E-state index contributed by atoms with van der Waals surface area (Å²) in [6, 6.07) is 12.8. The zero-order valence-corrected chi connectivity index (χ0v) is 22.8. The summed E-state index contributed by atoms with van der Waals surface area (Å²) in [7, 11) is 1.53. The number of anilines is 1. The molecule has 0 aliphatic carbocycles. The molecule has 4 atom stereocenters. The van der Waals surface area contributed by atoms with Crippen molar-refractivity contribution in [2.75, 3.05) is 19.0 Å². The highest BCUT2D eigenvalue weighted by atomic mass is 19.1. The molecule has 2 aliphatic rings. The Morgan fingerprint density at radius 1 is 1.18 bits per heavy atom. The van der Waals surface area contributed by atoms with Crippen LogP contribution < -0.4 is 26.2 Å². The first-order valence-corrected chi connectivity index (χ1v) is 13.7. The zero-order chi connectivity index (χ0) is 27.8. The summed E-state index contributed by atoms with van der Waals surface area (Å²) < 4.78 is 19.6. The first-order chi connectivity index (χ1) is 19.4. The molecule has 4 heterocycles. The summed E-state index contributed by atoms with van der Waals surface area (Å²) in [5.74, 6) is 1.48. The van der Waals surface area contributed by atoms with Crippen LogP contribution in [0.3, 0.4) is 0 Å². The number of hydrogen-bond acceptors (Lipinski definition) is 7. The van der Waals surface area contributed by atoms with Gasteiger partial charge in [-0.15, -0.1) is 0 Å². The third kappa shape index (κ3) is 5.30. The van der Waals surface area contributed by atoms with Gasteiger partial charge in [0.05, 0.1) is 36.1 Å². The van der Waals surface area contributed by atoms with E-state index in [0.29, 0.717) is 29.3 Å². The zero-order valence-electron chi connectivity index (χ0n) is 22.8. The number of hydrazine groups is 1. The maximum absolute atomic E-state index is 14.3. The number of pyridine rings is 1. The van der Waals surface area contributed by atoms with Gasteiger partial charge >= 0.3 is 0 Å². The van der Waals surface area contributed by atoms with Gasteiger partial charge in [-0.25, -0.2) is 14.8 Å². The van der Waals surface area contributed by atoms with E-state index in [2.05, 4.69) is 31.5 Å². The maximum atomic E-state index is 14.3. The van der Waals surface area contributed by atoms with E-state index >= 15 is 0 Å². The van der Waals surface area contributed by atoms with E-state index in [1.807, 2.05) is 50.4 Å². The number of benzene rings is 2. The van der Waals surface area contributed by atoms with E-state index in [9.17, 15) is 9.18 Å². The third-order valence-electron chi connectivity index (χ3n) is 7.74. The number of para-hydroxylation sites is 1. The fourth-order valence-electron chi connectivity index (χ4n) is 5.86. The highest BCUT2D eigenvalue weighted by Gasteiger charge is 2.42. The van der Waals surface area contributed by atoms with Crippen molar-refractivity contribution >= 4 is 22.6 Å². The van der Waals surface area contributed by atoms with Crippen molar-refractivity contribution in [2.24, 2.45) is 11.8 Å². The summed E-state index contributed by atoms with van der Waals surface area (Å²) in [4.78, 5) is 25.2. The van der Waals surface area contributed by atoms with Gasteiger partial charge in [0, 0.05) is 48.8 Å². The van der Waals surface area contributed by atoms with Crippen LogP contribution in [0.15, 0.2) is 54.9 Å². The van der Waals surface area contributed by atoms with Crippen molar-refractivity contribution in [1.82, 2.24) is 31.1 Å². The summed E-state index contributed by atoms with van der Waals surface area (Å²) in [6.07, 6.45) is 4.88. The number of amides is 1. The first kappa shape index (κ1) is 26.4. The summed E-state index contributed by atoms with van der Waals surface area (Å²) in [5, 5.41) is 6.61. The number of ether oxygens (including phenoxy) is 1. The Kier molecular flexibility index (Phi) is 7.22. The van der Waals surface area contributed by atoms with E-state index < -0.39 is 0 Å². The number of hydrogen-bond donors (Lipinski definition) is 5. The van der Waals surface area contributed by atoms with E-state index in [-0.39, 0.29) is 35.8 Å². The van der Waals surface area contributed by atoms with Gasteiger partial charge in [-0.05, 0) is 47.7 Å². The molecule has 0 bridgehead atoms. The van der Waals surface area contributed by atoms with Crippen LogP contribution in [0.2, 0.25) is 0 Å². The van der Waals surface area contributed by atoms with Crippen LogP contribution in [0.5, 0.6) is 5.75 Å². The number of nitrogens with one attached hydrogen (secondary N) is 5. The predicted octanol–water partition coefficient (Wildman–Crippen LogP) is 4.63. The van der Waals surface area contributed by atoms with Crippen LogP contribution in [-0.2, 0) is 4.79 Å². The van der Waals surface area contributed by atoms with Crippen LogP contribution in [0, 0.1) is 17.7 Å². The molecule has 9 nitrogen and oxygen atoms in total. The summed E-state index contributed by atoms with van der Waals surface area (Å²) >= 11 is 0. The fraction of sp³-hybridized carbons (Fsp3) is 0.367. The van der Waals surface area contributed by atoms with Gasteiger partial charge in [0.1, 0.15) is 17.4 Å². The summed E-state index contributed by atoms with van der Waals surface area (Å²) in [6.45, 7) is 4.83. The average Bonchev–Trinajstić information content (AvgIpc) is 3.56. The van der Waals surface area contributed by atoms with Gasteiger partial charge in [-0.1, -0.05) is 26.0 Å². The van der Waals surface area contributed by atoms with E-state index in [4.69, 9.17) is 9.72 Å². The minimum absolute atomic E-state index is 0.00388. The Labute approximate surface area is 232 Å². The maximum Gasteiger partial charge on any atom is 0.224 e. The molecular formula is C30H34FN7O2. The Bertz CT molecular complexity index is 1540. The number of carbonyl (C=O) groups excluding carboxylic acids is 1. The number of aromatic amines is 1. The molecule has 2 saturated heterocycles. The summed E-state index contributed by atoms with van der Waals surface area (Å²) in [5.41, 5.74) is 11.9. The lowest BCUT2D eigenvalue weighted by atomic mass is 9.82. The number of piperidine rings is 1. The Hall–Kier alpha value is -3.86. The topological polar surface area (TPSA) is 116 Å². The number of nitrogens with zero attached hydrogens (tertiary/aromatic N) is 2. The van der Waals surface area contributed by atoms with Gasteiger partial charge < -0.3 is 20.4 Å². The lowest BCUT2D eigenvalue weighted by Crippen LogP contribution is -2.46. The van der Waals surface area contributed by atoms with Crippen LogP contribution >= 0.6 is 0 Å². The molecule has 40 heavy (non-hydrogen) atoms. The molecule has 2 aliphatic heterocycles. The molecule has 1 amide bonds. The molecule has 6 rings (SSSR count). The van der Waals surface area contributed by atoms with Gasteiger partial charge in [-0.3, -0.25) is 15.2 Å². The van der Waals surface area contributed by atoms with Gasteiger partial charge in [0.2, 0.25) is 5.91 Å². The van der Waals surface area contributed by atoms with Gasteiger partial charge in [-0.2, -0.15) is 0 Å². The number of fused-ring (bicyclic) bond motifs is 2. The molecule has 0 radical (unpaired) electrons. The molecule has 2 aromatic carbocycles. The first-order valence-electron chi connectivity index (χ1n) is 13.7. The molecule has 2 aromatic heterocycles. The van der Waals surface area contributed by atoms with Crippen molar-refractivity contribution in [3.05, 3.63) is 72.1 Å². The minimum atomic E-state index is -0.356. The molecule has 10 heteroatoms. The second-order valence-corrected chi connectivity index (χ2v) is 11.1. The van der Waals surface area contributed by atoms with Crippen LogP contribution in [0.4, 0.5) is 10.1 Å². The van der Waals surface area contributed by atoms with Crippen molar-refractivity contribution in [3.8, 4) is 16.9 Å². The van der Waals surface area contributed by atoms with E-state index in [1.54, 1.807) is 6.20 Å².